The first kappa shape index (κ1) is 21.4. The van der Waals surface area contributed by atoms with E-state index >= 15 is 0 Å². The van der Waals surface area contributed by atoms with Crippen molar-refractivity contribution in [3.63, 3.8) is 0 Å². The average Bonchev–Trinajstić information content (AvgIpc) is 3.41. The Morgan fingerprint density at radius 3 is 2.53 bits per heavy atom. The zero-order chi connectivity index (χ0) is 21.1. The lowest BCUT2D eigenvalue weighted by atomic mass is 9.89. The smallest absolute Gasteiger partial charge is 0.404 e. The first-order valence-corrected chi connectivity index (χ1v) is 11.2. The molecule has 4 rings (SSSR count). The third-order valence-corrected chi connectivity index (χ3v) is 7.09. The minimum Gasteiger partial charge on any atom is -0.465 e. The zero-order valence-corrected chi connectivity index (χ0v) is 17.9. The second-order valence-corrected chi connectivity index (χ2v) is 9.11. The van der Waals surface area contributed by atoms with Gasteiger partial charge < -0.3 is 20.1 Å². The van der Waals surface area contributed by atoms with Crippen molar-refractivity contribution in [2.45, 2.75) is 31.2 Å². The maximum Gasteiger partial charge on any atom is 0.404 e. The zero-order valence-electron chi connectivity index (χ0n) is 17.1. The lowest BCUT2D eigenvalue weighted by Crippen LogP contribution is -2.40. The molecular formula is C22H30ClN3O4. The van der Waals surface area contributed by atoms with Crippen LogP contribution < -0.4 is 5.32 Å². The molecule has 0 saturated carbocycles. The molecule has 3 aliphatic heterocycles. The molecule has 0 aliphatic carbocycles. The van der Waals surface area contributed by atoms with Gasteiger partial charge in [-0.2, -0.15) is 0 Å². The van der Waals surface area contributed by atoms with Gasteiger partial charge in [-0.3, -0.25) is 9.69 Å². The van der Waals surface area contributed by atoms with Crippen LogP contribution >= 0.6 is 11.6 Å². The van der Waals surface area contributed by atoms with Gasteiger partial charge in [0, 0.05) is 62.3 Å². The molecule has 2 N–H and O–H groups in total. The van der Waals surface area contributed by atoms with Gasteiger partial charge in [0.15, 0.2) is 0 Å². The highest BCUT2D eigenvalue weighted by Gasteiger charge is 2.41. The van der Waals surface area contributed by atoms with Crippen molar-refractivity contribution in [2.75, 3.05) is 45.9 Å². The fraction of sp³-hybridized carbons (Fsp3) is 0.636. The molecule has 0 spiro atoms. The molecule has 3 aliphatic rings. The third kappa shape index (κ3) is 4.90. The number of amides is 2. The summed E-state index contributed by atoms with van der Waals surface area (Å²) in [6.45, 7) is 4.97. The molecule has 1 unspecified atom stereocenters. The van der Waals surface area contributed by atoms with Crippen molar-refractivity contribution in [3.8, 4) is 0 Å². The molecule has 3 atom stereocenters. The number of rotatable bonds is 5. The van der Waals surface area contributed by atoms with Crippen LogP contribution in [0.1, 0.15) is 30.7 Å². The Labute approximate surface area is 182 Å². The van der Waals surface area contributed by atoms with E-state index in [2.05, 4.69) is 10.2 Å². The maximum absolute atomic E-state index is 13.3. The Kier molecular flexibility index (Phi) is 6.80. The highest BCUT2D eigenvalue weighted by molar-refractivity contribution is 6.30. The van der Waals surface area contributed by atoms with Crippen LogP contribution in [-0.4, -0.2) is 78.9 Å². The van der Waals surface area contributed by atoms with E-state index in [0.717, 1.165) is 51.1 Å². The summed E-state index contributed by atoms with van der Waals surface area (Å²) < 4.78 is 5.47. The van der Waals surface area contributed by atoms with Crippen LogP contribution in [0.2, 0.25) is 5.02 Å². The summed E-state index contributed by atoms with van der Waals surface area (Å²) in [5.41, 5.74) is 1.10. The number of likely N-dealkylation sites (tertiary alicyclic amines) is 2. The largest absolute Gasteiger partial charge is 0.465 e. The first-order chi connectivity index (χ1) is 14.5. The molecule has 0 radical (unpaired) electrons. The Morgan fingerprint density at radius 1 is 1.10 bits per heavy atom. The van der Waals surface area contributed by atoms with Crippen molar-refractivity contribution < 1.29 is 19.4 Å². The van der Waals surface area contributed by atoms with Crippen molar-refractivity contribution >= 4 is 23.6 Å². The van der Waals surface area contributed by atoms with Crippen LogP contribution in [-0.2, 0) is 9.53 Å². The molecule has 3 saturated heterocycles. The molecule has 3 fully saturated rings. The number of benzene rings is 1. The van der Waals surface area contributed by atoms with Crippen molar-refractivity contribution in [1.29, 1.82) is 0 Å². The molecule has 1 aromatic rings. The van der Waals surface area contributed by atoms with Gasteiger partial charge in [0.1, 0.15) is 0 Å². The van der Waals surface area contributed by atoms with E-state index in [4.69, 9.17) is 21.4 Å². The molecule has 2 amide bonds. The summed E-state index contributed by atoms with van der Waals surface area (Å²) in [6.07, 6.45) is 1.96. The van der Waals surface area contributed by atoms with E-state index in [1.165, 1.54) is 0 Å². The maximum atomic E-state index is 13.3. The molecule has 8 heteroatoms. The molecule has 30 heavy (non-hydrogen) atoms. The number of carbonyl (C=O) groups is 2. The summed E-state index contributed by atoms with van der Waals surface area (Å²) >= 11 is 6.03. The van der Waals surface area contributed by atoms with Crippen LogP contribution in [0, 0.1) is 11.8 Å². The van der Waals surface area contributed by atoms with Crippen LogP contribution in [0.5, 0.6) is 0 Å². The number of hydrogen-bond donors (Lipinski definition) is 2. The molecule has 0 bridgehead atoms. The first-order valence-electron chi connectivity index (χ1n) is 10.8. The van der Waals surface area contributed by atoms with Gasteiger partial charge in [-0.15, -0.1) is 0 Å². The number of nitrogens with one attached hydrogen (secondary N) is 1. The Balaban J connectivity index is 1.41. The number of carbonyl (C=O) groups excluding carboxylic acids is 1. The molecule has 1 aromatic carbocycles. The van der Waals surface area contributed by atoms with E-state index in [0.29, 0.717) is 30.7 Å². The van der Waals surface area contributed by atoms with Crippen molar-refractivity contribution in [3.05, 3.63) is 34.9 Å². The molecule has 7 nitrogen and oxygen atoms in total. The van der Waals surface area contributed by atoms with E-state index in [-0.39, 0.29) is 23.7 Å². The van der Waals surface area contributed by atoms with E-state index < -0.39 is 6.09 Å². The third-order valence-electron chi connectivity index (χ3n) is 6.84. The van der Waals surface area contributed by atoms with Crippen molar-refractivity contribution in [1.82, 2.24) is 15.1 Å². The predicted octanol–water partition coefficient (Wildman–Crippen LogP) is 2.65. The van der Waals surface area contributed by atoms with Gasteiger partial charge in [-0.05, 0) is 43.5 Å². The summed E-state index contributed by atoms with van der Waals surface area (Å²) in [5, 5.41) is 12.2. The van der Waals surface area contributed by atoms with Crippen LogP contribution in [0.25, 0.3) is 0 Å². The minimum atomic E-state index is -1.03. The highest BCUT2D eigenvalue weighted by atomic mass is 35.5. The Hall–Kier alpha value is -1.83. The normalized spacial score (nSPS) is 28.0. The van der Waals surface area contributed by atoms with Gasteiger partial charge in [-0.1, -0.05) is 23.7 Å². The topological polar surface area (TPSA) is 82.1 Å². The molecule has 0 aromatic heterocycles. The monoisotopic (exact) mass is 435 g/mol. The summed E-state index contributed by atoms with van der Waals surface area (Å²) in [7, 11) is 0. The van der Waals surface area contributed by atoms with Gasteiger partial charge >= 0.3 is 6.09 Å². The lowest BCUT2D eigenvalue weighted by Gasteiger charge is -2.31. The summed E-state index contributed by atoms with van der Waals surface area (Å²) in [5.74, 6) is 0.400. The quantitative estimate of drug-likeness (QED) is 0.743. The Bertz CT molecular complexity index is 753. The second kappa shape index (κ2) is 9.54. The molecule has 3 heterocycles. The summed E-state index contributed by atoms with van der Waals surface area (Å²) in [6, 6.07) is 8.20. The van der Waals surface area contributed by atoms with Crippen LogP contribution in [0.4, 0.5) is 4.79 Å². The SMILES string of the molecule is O=C(O)NC[C@H]1CN(C(=O)C2CCN(C3CCOCC3)C2)C[C@H]1c1ccc(Cl)cc1. The molecule has 164 valence electrons. The van der Waals surface area contributed by atoms with Gasteiger partial charge in [0.2, 0.25) is 5.91 Å². The highest BCUT2D eigenvalue weighted by Crippen LogP contribution is 2.35. The van der Waals surface area contributed by atoms with Gasteiger partial charge in [0.05, 0.1) is 5.92 Å². The van der Waals surface area contributed by atoms with Crippen molar-refractivity contribution in [2.24, 2.45) is 11.8 Å². The minimum absolute atomic E-state index is 0.0323. The van der Waals surface area contributed by atoms with Gasteiger partial charge in [0.25, 0.3) is 0 Å². The lowest BCUT2D eigenvalue weighted by molar-refractivity contribution is -0.134. The number of carboxylic acid groups (broad SMARTS) is 1. The molecular weight excluding hydrogens is 406 g/mol. The van der Waals surface area contributed by atoms with E-state index in [9.17, 15) is 9.59 Å². The standard InChI is InChI=1S/C22H30ClN3O4/c23-18-3-1-15(2-4-18)20-14-26(13-17(20)11-24-22(28)29)21(27)16-5-8-25(12-16)19-6-9-30-10-7-19/h1-4,16-17,19-20,24H,5-14H2,(H,28,29)/t16?,17-,20-/m0/s1. The average molecular weight is 436 g/mol. The van der Waals surface area contributed by atoms with E-state index in [1.807, 2.05) is 29.2 Å². The summed E-state index contributed by atoms with van der Waals surface area (Å²) in [4.78, 5) is 28.7. The van der Waals surface area contributed by atoms with Gasteiger partial charge in [-0.25, -0.2) is 4.79 Å². The van der Waals surface area contributed by atoms with Crippen LogP contribution in [0.3, 0.4) is 0 Å². The second-order valence-electron chi connectivity index (χ2n) is 8.67. The number of nitrogens with zero attached hydrogens (tertiary/aromatic N) is 2. The fourth-order valence-electron chi connectivity index (χ4n) is 5.19. The fourth-order valence-corrected chi connectivity index (χ4v) is 5.32. The van der Waals surface area contributed by atoms with Crippen LogP contribution in [0.15, 0.2) is 24.3 Å². The predicted molar refractivity (Wildman–Crippen MR) is 114 cm³/mol. The number of hydrogen-bond acceptors (Lipinski definition) is 4. The number of halogens is 1. The van der Waals surface area contributed by atoms with E-state index in [1.54, 1.807) is 0 Å². The Morgan fingerprint density at radius 2 is 1.83 bits per heavy atom. The number of ether oxygens (including phenoxy) is 1.